The Hall–Kier alpha value is -3.03. The van der Waals surface area contributed by atoms with Crippen LogP contribution >= 0.6 is 0 Å². The van der Waals surface area contributed by atoms with Crippen molar-refractivity contribution in [1.29, 1.82) is 0 Å². The summed E-state index contributed by atoms with van der Waals surface area (Å²) in [6.45, 7) is -0.745. The standard InChI is InChI=1S/C20H15F4NO3/c21-14-7-5-12(6-8-14)9-13-10-18(27)25(19(13)28)11-17(26)15-3-1-2-4-16(15)20(22,23)24/h1-8,13H,9-11H2. The first kappa shape index (κ1) is 19.7. The molecule has 4 nitrogen and oxygen atoms in total. The van der Waals surface area contributed by atoms with Gasteiger partial charge in [0.15, 0.2) is 5.78 Å². The average molecular weight is 393 g/mol. The first-order valence-electron chi connectivity index (χ1n) is 8.45. The highest BCUT2D eigenvalue weighted by atomic mass is 19.4. The van der Waals surface area contributed by atoms with Crippen LogP contribution in [0.25, 0.3) is 0 Å². The fourth-order valence-electron chi connectivity index (χ4n) is 3.18. The van der Waals surface area contributed by atoms with Gasteiger partial charge in [0, 0.05) is 12.0 Å². The molecule has 1 heterocycles. The Balaban J connectivity index is 1.74. The second kappa shape index (κ2) is 7.53. The molecule has 0 aromatic heterocycles. The SMILES string of the molecule is O=C(CN1C(=O)CC(Cc2ccc(F)cc2)C1=O)c1ccccc1C(F)(F)F. The van der Waals surface area contributed by atoms with Gasteiger partial charge in [-0.25, -0.2) is 4.39 Å². The number of nitrogens with zero attached hydrogens (tertiary/aromatic N) is 1. The number of carbonyl (C=O) groups excluding carboxylic acids is 3. The molecule has 0 aliphatic carbocycles. The number of ketones is 1. The Labute approximate surface area is 157 Å². The maximum absolute atomic E-state index is 13.1. The Kier molecular flexibility index (Phi) is 5.31. The zero-order chi connectivity index (χ0) is 20.5. The van der Waals surface area contributed by atoms with E-state index in [-0.39, 0.29) is 12.8 Å². The summed E-state index contributed by atoms with van der Waals surface area (Å²) < 4.78 is 52.2. The summed E-state index contributed by atoms with van der Waals surface area (Å²) in [6, 6.07) is 9.67. The van der Waals surface area contributed by atoms with Gasteiger partial charge >= 0.3 is 6.18 Å². The molecule has 1 aliphatic rings. The molecule has 2 amide bonds. The molecule has 1 unspecified atom stereocenters. The number of benzene rings is 2. The zero-order valence-corrected chi connectivity index (χ0v) is 14.5. The lowest BCUT2D eigenvalue weighted by atomic mass is 9.98. The van der Waals surface area contributed by atoms with Crippen LogP contribution in [0.15, 0.2) is 48.5 Å². The van der Waals surface area contributed by atoms with Crippen molar-refractivity contribution in [3.8, 4) is 0 Å². The largest absolute Gasteiger partial charge is 0.417 e. The number of carbonyl (C=O) groups is 3. The predicted molar refractivity (Wildman–Crippen MR) is 90.7 cm³/mol. The number of hydrogen-bond acceptors (Lipinski definition) is 3. The van der Waals surface area contributed by atoms with E-state index in [0.717, 1.165) is 18.2 Å². The lowest BCUT2D eigenvalue weighted by Gasteiger charge is -2.16. The third-order valence-electron chi connectivity index (χ3n) is 4.57. The monoisotopic (exact) mass is 393 g/mol. The molecule has 0 spiro atoms. The van der Waals surface area contributed by atoms with E-state index in [4.69, 9.17) is 0 Å². The van der Waals surface area contributed by atoms with Crippen molar-refractivity contribution in [3.05, 3.63) is 71.0 Å². The van der Waals surface area contributed by atoms with E-state index < -0.39 is 53.2 Å². The molecule has 1 atom stereocenters. The van der Waals surface area contributed by atoms with E-state index in [1.165, 1.54) is 30.3 Å². The van der Waals surface area contributed by atoms with Crippen LogP contribution in [0.1, 0.15) is 27.9 Å². The fourth-order valence-corrected chi connectivity index (χ4v) is 3.18. The van der Waals surface area contributed by atoms with Crippen molar-refractivity contribution in [2.45, 2.75) is 19.0 Å². The third kappa shape index (κ3) is 4.11. The van der Waals surface area contributed by atoms with Gasteiger partial charge in [-0.05, 0) is 30.2 Å². The van der Waals surface area contributed by atoms with Crippen LogP contribution in [-0.2, 0) is 22.2 Å². The normalized spacial score (nSPS) is 17.3. The van der Waals surface area contributed by atoms with Crippen LogP contribution in [-0.4, -0.2) is 29.0 Å². The number of hydrogen-bond donors (Lipinski definition) is 0. The molecule has 1 fully saturated rings. The van der Waals surface area contributed by atoms with Crippen LogP contribution in [0.2, 0.25) is 0 Å². The number of amides is 2. The van der Waals surface area contributed by atoms with E-state index >= 15 is 0 Å². The summed E-state index contributed by atoms with van der Waals surface area (Å²) in [5.74, 6) is -3.36. The average Bonchev–Trinajstić information content (AvgIpc) is 2.90. The zero-order valence-electron chi connectivity index (χ0n) is 14.5. The fraction of sp³-hybridized carbons (Fsp3) is 0.250. The van der Waals surface area contributed by atoms with E-state index in [9.17, 15) is 31.9 Å². The highest BCUT2D eigenvalue weighted by Crippen LogP contribution is 2.32. The van der Waals surface area contributed by atoms with Gasteiger partial charge < -0.3 is 0 Å². The number of Topliss-reactive ketones (excluding diaryl/α,β-unsaturated/α-hetero) is 1. The third-order valence-corrected chi connectivity index (χ3v) is 4.57. The van der Waals surface area contributed by atoms with E-state index in [0.29, 0.717) is 10.5 Å². The maximum Gasteiger partial charge on any atom is 0.417 e. The van der Waals surface area contributed by atoms with Gasteiger partial charge in [0.2, 0.25) is 11.8 Å². The molecule has 0 saturated carbocycles. The molecule has 1 aliphatic heterocycles. The molecule has 146 valence electrons. The van der Waals surface area contributed by atoms with Gasteiger partial charge in [0.05, 0.1) is 18.0 Å². The number of rotatable bonds is 5. The molecule has 3 rings (SSSR count). The van der Waals surface area contributed by atoms with Gasteiger partial charge in [-0.3, -0.25) is 19.3 Å². The van der Waals surface area contributed by atoms with Crippen molar-refractivity contribution in [1.82, 2.24) is 4.90 Å². The molecule has 2 aromatic rings. The van der Waals surface area contributed by atoms with Crippen LogP contribution in [0, 0.1) is 11.7 Å². The predicted octanol–water partition coefficient (Wildman–Crippen LogP) is 3.65. The molecule has 0 radical (unpaired) electrons. The van der Waals surface area contributed by atoms with Gasteiger partial charge in [-0.1, -0.05) is 30.3 Å². The minimum absolute atomic E-state index is 0.148. The van der Waals surface area contributed by atoms with E-state index in [2.05, 4.69) is 0 Å². The molecule has 28 heavy (non-hydrogen) atoms. The lowest BCUT2D eigenvalue weighted by Crippen LogP contribution is -2.36. The summed E-state index contributed by atoms with van der Waals surface area (Å²) in [5.41, 5.74) is -1.05. The van der Waals surface area contributed by atoms with Crippen molar-refractivity contribution in [2.75, 3.05) is 6.54 Å². The molecule has 0 N–H and O–H groups in total. The molecule has 8 heteroatoms. The number of likely N-dealkylation sites (tertiary alicyclic amines) is 1. The maximum atomic E-state index is 13.1. The molecule has 2 aromatic carbocycles. The second-order valence-electron chi connectivity index (χ2n) is 6.52. The molecular weight excluding hydrogens is 378 g/mol. The minimum Gasteiger partial charge on any atom is -0.292 e. The van der Waals surface area contributed by atoms with Crippen LogP contribution in [0.3, 0.4) is 0 Å². The topological polar surface area (TPSA) is 54.5 Å². The highest BCUT2D eigenvalue weighted by Gasteiger charge is 2.41. The number of imide groups is 1. The molecule has 1 saturated heterocycles. The Morgan fingerprint density at radius 1 is 1.04 bits per heavy atom. The summed E-state index contributed by atoms with van der Waals surface area (Å²) in [4.78, 5) is 37.7. The Morgan fingerprint density at radius 2 is 1.68 bits per heavy atom. The second-order valence-corrected chi connectivity index (χ2v) is 6.52. The Bertz CT molecular complexity index is 922. The summed E-state index contributed by atoms with van der Waals surface area (Å²) in [5, 5.41) is 0. The van der Waals surface area contributed by atoms with Crippen molar-refractivity contribution in [3.63, 3.8) is 0 Å². The van der Waals surface area contributed by atoms with Gasteiger partial charge in [-0.2, -0.15) is 13.2 Å². The van der Waals surface area contributed by atoms with Gasteiger partial charge in [-0.15, -0.1) is 0 Å². The van der Waals surface area contributed by atoms with E-state index in [1.54, 1.807) is 0 Å². The summed E-state index contributed by atoms with van der Waals surface area (Å²) in [6.07, 6.45) is -4.70. The van der Waals surface area contributed by atoms with Crippen LogP contribution in [0.4, 0.5) is 17.6 Å². The summed E-state index contributed by atoms with van der Waals surface area (Å²) in [7, 11) is 0. The van der Waals surface area contributed by atoms with Gasteiger partial charge in [0.1, 0.15) is 5.82 Å². The molecule has 0 bridgehead atoms. The molecular formula is C20H15F4NO3. The van der Waals surface area contributed by atoms with Crippen molar-refractivity contribution >= 4 is 17.6 Å². The highest BCUT2D eigenvalue weighted by molar-refractivity contribution is 6.09. The minimum atomic E-state index is -4.73. The van der Waals surface area contributed by atoms with E-state index in [1.807, 2.05) is 0 Å². The number of halogens is 4. The number of alkyl halides is 3. The summed E-state index contributed by atoms with van der Waals surface area (Å²) >= 11 is 0. The van der Waals surface area contributed by atoms with Crippen LogP contribution in [0.5, 0.6) is 0 Å². The Morgan fingerprint density at radius 3 is 2.32 bits per heavy atom. The first-order chi connectivity index (χ1) is 13.2. The van der Waals surface area contributed by atoms with Crippen LogP contribution < -0.4 is 0 Å². The quantitative estimate of drug-likeness (QED) is 0.443. The smallest absolute Gasteiger partial charge is 0.292 e. The lowest BCUT2D eigenvalue weighted by molar-refractivity contribution is -0.138. The first-order valence-corrected chi connectivity index (χ1v) is 8.45. The van der Waals surface area contributed by atoms with Crippen molar-refractivity contribution < 1.29 is 31.9 Å². The van der Waals surface area contributed by atoms with Crippen molar-refractivity contribution in [2.24, 2.45) is 5.92 Å². The van der Waals surface area contributed by atoms with Gasteiger partial charge in [0.25, 0.3) is 0 Å².